The molecule has 1 amide bonds. The van der Waals surface area contributed by atoms with E-state index in [9.17, 15) is 4.79 Å². The molecule has 2 rings (SSSR count). The molecule has 0 aliphatic carbocycles. The molecule has 1 aromatic rings. The molecule has 1 saturated heterocycles. The number of benzene rings is 1. The fourth-order valence-corrected chi connectivity index (χ4v) is 3.35. The largest absolute Gasteiger partial charge is 0.496 e. The molecule has 156 valence electrons. The first-order valence-corrected chi connectivity index (χ1v) is 10.2. The van der Waals surface area contributed by atoms with E-state index in [1.807, 2.05) is 11.0 Å². The third-order valence-electron chi connectivity index (χ3n) is 4.97. The van der Waals surface area contributed by atoms with E-state index in [2.05, 4.69) is 41.5 Å². The summed E-state index contributed by atoms with van der Waals surface area (Å²) >= 11 is 0. The number of methoxy groups -OCH3 is 1. The second-order valence-electron chi connectivity index (χ2n) is 7.10. The number of amides is 1. The van der Waals surface area contributed by atoms with Crippen molar-refractivity contribution < 1.29 is 9.53 Å². The van der Waals surface area contributed by atoms with E-state index in [-0.39, 0.29) is 5.91 Å². The Bertz CT molecular complexity index is 654. The van der Waals surface area contributed by atoms with Crippen molar-refractivity contribution in [2.45, 2.75) is 27.2 Å². The first-order valence-electron chi connectivity index (χ1n) is 10.2. The highest BCUT2D eigenvalue weighted by molar-refractivity contribution is 5.79. The Labute approximate surface area is 169 Å². The highest BCUT2D eigenvalue weighted by Gasteiger charge is 2.17. The van der Waals surface area contributed by atoms with Crippen LogP contribution in [-0.2, 0) is 11.2 Å². The van der Waals surface area contributed by atoms with Crippen molar-refractivity contribution in [3.8, 4) is 5.75 Å². The van der Waals surface area contributed by atoms with E-state index in [1.54, 1.807) is 14.0 Å². The second-order valence-corrected chi connectivity index (χ2v) is 7.10. The number of ether oxygens (including phenoxy) is 1. The zero-order valence-electron chi connectivity index (χ0n) is 17.8. The van der Waals surface area contributed by atoms with E-state index in [1.165, 1.54) is 11.1 Å². The molecule has 0 unspecified atom stereocenters. The first-order chi connectivity index (χ1) is 13.5. The summed E-state index contributed by atoms with van der Waals surface area (Å²) in [4.78, 5) is 20.4. The third-order valence-corrected chi connectivity index (χ3v) is 4.97. The minimum atomic E-state index is 0.168. The quantitative estimate of drug-likeness (QED) is 0.518. The monoisotopic (exact) mass is 389 g/mol. The Hall–Kier alpha value is -2.28. The zero-order chi connectivity index (χ0) is 20.4. The van der Waals surface area contributed by atoms with Crippen LogP contribution in [-0.4, -0.2) is 81.1 Å². The van der Waals surface area contributed by atoms with Gasteiger partial charge in [0.15, 0.2) is 5.96 Å². The molecule has 0 saturated carbocycles. The van der Waals surface area contributed by atoms with Gasteiger partial charge in [-0.25, -0.2) is 0 Å². The van der Waals surface area contributed by atoms with Crippen LogP contribution in [0.1, 0.15) is 25.0 Å². The lowest BCUT2D eigenvalue weighted by atomic mass is 10.1. The van der Waals surface area contributed by atoms with Gasteiger partial charge in [-0.3, -0.25) is 14.7 Å². The average Bonchev–Trinajstić information content (AvgIpc) is 2.68. The van der Waals surface area contributed by atoms with Crippen molar-refractivity contribution in [2.24, 2.45) is 4.99 Å². The second kappa shape index (κ2) is 11.5. The van der Waals surface area contributed by atoms with Crippen LogP contribution < -0.4 is 15.4 Å². The van der Waals surface area contributed by atoms with Crippen LogP contribution in [0.3, 0.4) is 0 Å². The molecule has 7 heteroatoms. The van der Waals surface area contributed by atoms with Gasteiger partial charge >= 0.3 is 0 Å². The molecular weight excluding hydrogens is 354 g/mol. The molecule has 0 spiro atoms. The summed E-state index contributed by atoms with van der Waals surface area (Å²) < 4.78 is 5.46. The minimum Gasteiger partial charge on any atom is -0.496 e. The number of carbonyl (C=O) groups is 1. The smallest absolute Gasteiger partial charge is 0.219 e. The summed E-state index contributed by atoms with van der Waals surface area (Å²) in [6, 6.07) is 6.26. The number of nitrogens with one attached hydrogen (secondary N) is 2. The molecule has 0 atom stereocenters. The predicted octanol–water partition coefficient (Wildman–Crippen LogP) is 1.27. The highest BCUT2D eigenvalue weighted by Crippen LogP contribution is 2.19. The summed E-state index contributed by atoms with van der Waals surface area (Å²) in [6.45, 7) is 12.6. The summed E-state index contributed by atoms with van der Waals surface area (Å²) in [5, 5.41) is 6.72. The number of guanidine groups is 1. The Morgan fingerprint density at radius 1 is 1.21 bits per heavy atom. The molecule has 1 aromatic carbocycles. The number of aliphatic imine (C=N–C) groups is 1. The Morgan fingerprint density at radius 2 is 1.96 bits per heavy atom. The molecule has 1 aliphatic rings. The van der Waals surface area contributed by atoms with E-state index in [0.717, 1.165) is 70.5 Å². The van der Waals surface area contributed by atoms with Crippen LogP contribution in [0.5, 0.6) is 5.75 Å². The van der Waals surface area contributed by atoms with Gasteiger partial charge in [-0.1, -0.05) is 17.7 Å². The average molecular weight is 390 g/mol. The maximum absolute atomic E-state index is 11.4. The number of hydrogen-bond donors (Lipinski definition) is 2. The lowest BCUT2D eigenvalue weighted by molar-refractivity contribution is -0.130. The van der Waals surface area contributed by atoms with Crippen molar-refractivity contribution in [2.75, 3.05) is 59.5 Å². The fourth-order valence-electron chi connectivity index (χ4n) is 3.35. The van der Waals surface area contributed by atoms with Gasteiger partial charge in [0.25, 0.3) is 0 Å². The fraction of sp³-hybridized carbons (Fsp3) is 0.619. The summed E-state index contributed by atoms with van der Waals surface area (Å²) in [6.07, 6.45) is 0.877. The SMILES string of the molecule is CCNC(=NCCN1CCN(C(C)=O)CC1)NCCc1cc(C)ccc1OC. The normalized spacial score (nSPS) is 15.4. The Balaban J connectivity index is 1.78. The molecule has 0 bridgehead atoms. The van der Waals surface area contributed by atoms with Crippen LogP contribution in [0.25, 0.3) is 0 Å². The van der Waals surface area contributed by atoms with Crippen molar-refractivity contribution in [3.05, 3.63) is 29.3 Å². The number of rotatable bonds is 8. The van der Waals surface area contributed by atoms with Crippen LogP contribution in [0.2, 0.25) is 0 Å². The molecule has 0 radical (unpaired) electrons. The van der Waals surface area contributed by atoms with Gasteiger partial charge in [-0.05, 0) is 31.9 Å². The van der Waals surface area contributed by atoms with Crippen molar-refractivity contribution in [3.63, 3.8) is 0 Å². The topological polar surface area (TPSA) is 69.2 Å². The third kappa shape index (κ3) is 7.03. The number of carbonyl (C=O) groups excluding carboxylic acids is 1. The van der Waals surface area contributed by atoms with E-state index in [4.69, 9.17) is 9.73 Å². The maximum atomic E-state index is 11.4. The van der Waals surface area contributed by atoms with Crippen LogP contribution in [0, 0.1) is 6.92 Å². The van der Waals surface area contributed by atoms with Gasteiger partial charge in [0.1, 0.15) is 5.75 Å². The maximum Gasteiger partial charge on any atom is 0.219 e. The number of piperazine rings is 1. The van der Waals surface area contributed by atoms with Gasteiger partial charge < -0.3 is 20.3 Å². The minimum absolute atomic E-state index is 0.168. The molecule has 1 aliphatic heterocycles. The van der Waals surface area contributed by atoms with Gasteiger partial charge in [0, 0.05) is 52.7 Å². The number of hydrogen-bond acceptors (Lipinski definition) is 4. The molecule has 7 nitrogen and oxygen atoms in total. The molecule has 1 heterocycles. The van der Waals surface area contributed by atoms with Gasteiger partial charge in [0.2, 0.25) is 5.91 Å². The van der Waals surface area contributed by atoms with E-state index >= 15 is 0 Å². The molecule has 2 N–H and O–H groups in total. The number of nitrogens with zero attached hydrogens (tertiary/aromatic N) is 3. The van der Waals surface area contributed by atoms with Gasteiger partial charge in [-0.2, -0.15) is 0 Å². The molecule has 1 fully saturated rings. The van der Waals surface area contributed by atoms with E-state index in [0.29, 0.717) is 0 Å². The lowest BCUT2D eigenvalue weighted by Crippen LogP contribution is -2.48. The van der Waals surface area contributed by atoms with Crippen LogP contribution in [0.4, 0.5) is 0 Å². The van der Waals surface area contributed by atoms with Gasteiger partial charge in [-0.15, -0.1) is 0 Å². The van der Waals surface area contributed by atoms with Gasteiger partial charge in [0.05, 0.1) is 13.7 Å². The first kappa shape index (κ1) is 22.0. The van der Waals surface area contributed by atoms with Crippen molar-refractivity contribution in [1.29, 1.82) is 0 Å². The Morgan fingerprint density at radius 3 is 2.61 bits per heavy atom. The van der Waals surface area contributed by atoms with Crippen LogP contribution >= 0.6 is 0 Å². The van der Waals surface area contributed by atoms with Crippen molar-refractivity contribution in [1.82, 2.24) is 20.4 Å². The summed E-state index contributed by atoms with van der Waals surface area (Å²) in [5.74, 6) is 1.94. The zero-order valence-corrected chi connectivity index (χ0v) is 17.8. The molecule has 0 aromatic heterocycles. The number of aryl methyl sites for hydroxylation is 1. The summed E-state index contributed by atoms with van der Waals surface area (Å²) in [7, 11) is 1.71. The molecule has 28 heavy (non-hydrogen) atoms. The Kier molecular flexibility index (Phi) is 9.07. The van der Waals surface area contributed by atoms with E-state index < -0.39 is 0 Å². The summed E-state index contributed by atoms with van der Waals surface area (Å²) in [5.41, 5.74) is 2.44. The predicted molar refractivity (Wildman–Crippen MR) is 114 cm³/mol. The van der Waals surface area contributed by atoms with Crippen molar-refractivity contribution >= 4 is 11.9 Å². The molecular formula is C21H35N5O2. The standard InChI is InChI=1S/C21H35N5O2/c1-5-22-21(23-9-8-19-16-17(2)6-7-20(19)28-4)24-10-11-25-12-14-26(15-13-25)18(3)27/h6-7,16H,5,8-15H2,1-4H3,(H2,22,23,24). The lowest BCUT2D eigenvalue weighted by Gasteiger charge is -2.33. The highest BCUT2D eigenvalue weighted by atomic mass is 16.5. The van der Waals surface area contributed by atoms with Crippen LogP contribution in [0.15, 0.2) is 23.2 Å².